The second-order valence-electron chi connectivity index (χ2n) is 5.87. The van der Waals surface area contributed by atoms with Crippen LogP contribution in [0.15, 0.2) is 48.8 Å². The van der Waals surface area contributed by atoms with Gasteiger partial charge in [-0.3, -0.25) is 9.36 Å². The van der Waals surface area contributed by atoms with Gasteiger partial charge in [0.25, 0.3) is 0 Å². The number of nitrogens with zero attached hydrogens (tertiary/aromatic N) is 2. The van der Waals surface area contributed by atoms with Crippen molar-refractivity contribution in [2.75, 3.05) is 5.32 Å². The predicted molar refractivity (Wildman–Crippen MR) is 86.7 cm³/mol. The SMILES string of the molecule is O=C1C[C@@H](c2ccc(O)cc2)c2ncn(-c3cc(F)cc(F)c3)c2N1. The molecule has 1 aliphatic rings. The molecule has 2 heterocycles. The molecule has 0 aliphatic carbocycles. The summed E-state index contributed by atoms with van der Waals surface area (Å²) < 4.78 is 28.5. The molecule has 5 nitrogen and oxygen atoms in total. The molecular formula is C18H13F2N3O2. The Labute approximate surface area is 141 Å². The number of anilines is 1. The molecule has 0 unspecified atom stereocenters. The van der Waals surface area contributed by atoms with E-state index >= 15 is 0 Å². The number of halogens is 2. The Kier molecular flexibility index (Phi) is 3.49. The maximum absolute atomic E-state index is 13.5. The Morgan fingerprint density at radius 1 is 1.12 bits per heavy atom. The van der Waals surface area contributed by atoms with E-state index in [4.69, 9.17) is 0 Å². The van der Waals surface area contributed by atoms with E-state index < -0.39 is 11.6 Å². The lowest BCUT2D eigenvalue weighted by molar-refractivity contribution is -0.116. The number of phenols is 1. The minimum atomic E-state index is -0.713. The van der Waals surface area contributed by atoms with Crippen molar-refractivity contribution < 1.29 is 18.7 Å². The lowest BCUT2D eigenvalue weighted by Gasteiger charge is -2.23. The second kappa shape index (κ2) is 5.70. The summed E-state index contributed by atoms with van der Waals surface area (Å²) in [7, 11) is 0. The number of amides is 1. The van der Waals surface area contributed by atoms with Gasteiger partial charge in [-0.05, 0) is 29.8 Å². The molecule has 3 aromatic rings. The molecule has 1 aliphatic heterocycles. The van der Waals surface area contributed by atoms with Gasteiger partial charge in [0.05, 0.1) is 11.4 Å². The summed E-state index contributed by atoms with van der Waals surface area (Å²) in [5, 5.41) is 12.2. The fraction of sp³-hybridized carbons (Fsp3) is 0.111. The first kappa shape index (κ1) is 15.3. The van der Waals surface area contributed by atoms with Crippen molar-refractivity contribution in [3.63, 3.8) is 0 Å². The molecule has 25 heavy (non-hydrogen) atoms. The van der Waals surface area contributed by atoms with Gasteiger partial charge in [-0.1, -0.05) is 12.1 Å². The van der Waals surface area contributed by atoms with Crippen LogP contribution in [-0.4, -0.2) is 20.6 Å². The Bertz CT molecular complexity index is 947. The van der Waals surface area contributed by atoms with E-state index in [2.05, 4.69) is 10.3 Å². The first-order valence-electron chi connectivity index (χ1n) is 7.64. The number of imidazole rings is 1. The normalized spacial score (nSPS) is 16.4. The molecule has 7 heteroatoms. The molecule has 2 aromatic carbocycles. The van der Waals surface area contributed by atoms with Crippen LogP contribution in [0.4, 0.5) is 14.6 Å². The number of aromatic hydroxyl groups is 1. The lowest BCUT2D eigenvalue weighted by Crippen LogP contribution is -2.24. The van der Waals surface area contributed by atoms with Crippen LogP contribution in [0.1, 0.15) is 23.6 Å². The number of fused-ring (bicyclic) bond motifs is 1. The van der Waals surface area contributed by atoms with Crippen molar-refractivity contribution >= 4 is 11.7 Å². The molecule has 1 atom stereocenters. The topological polar surface area (TPSA) is 67.1 Å². The van der Waals surface area contributed by atoms with Crippen molar-refractivity contribution in [1.82, 2.24) is 9.55 Å². The van der Waals surface area contributed by atoms with Gasteiger partial charge in [0.1, 0.15) is 29.5 Å². The molecule has 2 N–H and O–H groups in total. The van der Waals surface area contributed by atoms with Gasteiger partial charge >= 0.3 is 0 Å². The van der Waals surface area contributed by atoms with Crippen molar-refractivity contribution in [2.45, 2.75) is 12.3 Å². The number of phenolic OH excluding ortho intramolecular Hbond substituents is 1. The number of carbonyl (C=O) groups is 1. The highest BCUT2D eigenvalue weighted by Gasteiger charge is 2.31. The zero-order chi connectivity index (χ0) is 17.6. The van der Waals surface area contributed by atoms with Crippen LogP contribution >= 0.6 is 0 Å². The number of carbonyl (C=O) groups excluding carboxylic acids is 1. The van der Waals surface area contributed by atoms with E-state index in [1.807, 2.05) is 0 Å². The third-order valence-corrected chi connectivity index (χ3v) is 4.19. The molecule has 1 aromatic heterocycles. The van der Waals surface area contributed by atoms with E-state index in [-0.39, 0.29) is 29.7 Å². The van der Waals surface area contributed by atoms with E-state index in [0.29, 0.717) is 11.5 Å². The number of hydrogen-bond donors (Lipinski definition) is 2. The van der Waals surface area contributed by atoms with E-state index in [1.165, 1.54) is 23.0 Å². The summed E-state index contributed by atoms with van der Waals surface area (Å²) in [6, 6.07) is 9.65. The average molecular weight is 341 g/mol. The molecule has 0 bridgehead atoms. The molecule has 0 saturated carbocycles. The molecule has 0 radical (unpaired) electrons. The molecule has 4 rings (SSSR count). The van der Waals surface area contributed by atoms with Crippen molar-refractivity contribution in [2.24, 2.45) is 0 Å². The standard InChI is InChI=1S/C18H13F2N3O2/c19-11-5-12(20)7-13(6-11)23-9-21-17-15(8-16(25)22-18(17)23)10-1-3-14(24)4-2-10/h1-7,9,15,24H,8H2,(H,22,25)/t15-/m0/s1. The van der Waals surface area contributed by atoms with Crippen molar-refractivity contribution in [3.05, 3.63) is 71.7 Å². The van der Waals surface area contributed by atoms with Gasteiger partial charge in [-0.25, -0.2) is 13.8 Å². The van der Waals surface area contributed by atoms with Gasteiger partial charge in [0, 0.05) is 18.4 Å². The zero-order valence-electron chi connectivity index (χ0n) is 12.9. The van der Waals surface area contributed by atoms with Crippen LogP contribution in [0.5, 0.6) is 5.75 Å². The van der Waals surface area contributed by atoms with Crippen molar-refractivity contribution in [1.29, 1.82) is 0 Å². The lowest BCUT2D eigenvalue weighted by atomic mass is 9.90. The third-order valence-electron chi connectivity index (χ3n) is 4.19. The largest absolute Gasteiger partial charge is 0.508 e. The number of rotatable bonds is 2. The quantitative estimate of drug-likeness (QED) is 0.751. The van der Waals surface area contributed by atoms with Crippen LogP contribution in [0.25, 0.3) is 5.69 Å². The highest BCUT2D eigenvalue weighted by molar-refractivity contribution is 5.94. The van der Waals surface area contributed by atoms with Crippen LogP contribution in [-0.2, 0) is 4.79 Å². The smallest absolute Gasteiger partial charge is 0.226 e. The second-order valence-corrected chi connectivity index (χ2v) is 5.87. The summed E-state index contributed by atoms with van der Waals surface area (Å²) in [6.07, 6.45) is 1.63. The fourth-order valence-electron chi connectivity index (χ4n) is 3.06. The predicted octanol–water partition coefficient (Wildman–Crippen LogP) is 3.33. The maximum Gasteiger partial charge on any atom is 0.226 e. The minimum Gasteiger partial charge on any atom is -0.508 e. The van der Waals surface area contributed by atoms with Crippen LogP contribution in [0.3, 0.4) is 0 Å². The zero-order valence-corrected chi connectivity index (χ0v) is 12.9. The van der Waals surface area contributed by atoms with Crippen LogP contribution < -0.4 is 5.32 Å². The first-order chi connectivity index (χ1) is 12.0. The monoisotopic (exact) mass is 341 g/mol. The summed E-state index contributed by atoms with van der Waals surface area (Å²) in [4.78, 5) is 16.5. The maximum atomic E-state index is 13.5. The van der Waals surface area contributed by atoms with Gasteiger partial charge in [-0.15, -0.1) is 0 Å². The Balaban J connectivity index is 1.82. The number of nitrogens with one attached hydrogen (secondary N) is 1. The number of benzene rings is 2. The number of aromatic nitrogens is 2. The first-order valence-corrected chi connectivity index (χ1v) is 7.64. The van der Waals surface area contributed by atoms with Crippen LogP contribution in [0.2, 0.25) is 0 Å². The highest BCUT2D eigenvalue weighted by atomic mass is 19.1. The van der Waals surface area contributed by atoms with E-state index in [9.17, 15) is 18.7 Å². The molecule has 0 fully saturated rings. The van der Waals surface area contributed by atoms with Gasteiger partial charge in [-0.2, -0.15) is 0 Å². The molecule has 0 spiro atoms. The summed E-state index contributed by atoms with van der Waals surface area (Å²) in [6.45, 7) is 0. The van der Waals surface area contributed by atoms with Crippen molar-refractivity contribution in [3.8, 4) is 11.4 Å². The van der Waals surface area contributed by atoms with Gasteiger partial charge in [0.2, 0.25) is 5.91 Å². The van der Waals surface area contributed by atoms with E-state index in [1.54, 1.807) is 24.3 Å². The third kappa shape index (κ3) is 2.73. The Morgan fingerprint density at radius 3 is 2.48 bits per heavy atom. The fourth-order valence-corrected chi connectivity index (χ4v) is 3.06. The van der Waals surface area contributed by atoms with Crippen LogP contribution in [0, 0.1) is 11.6 Å². The molecule has 126 valence electrons. The van der Waals surface area contributed by atoms with Gasteiger partial charge in [0.15, 0.2) is 0 Å². The molecular weight excluding hydrogens is 328 g/mol. The summed E-state index contributed by atoms with van der Waals surface area (Å²) in [5.41, 5.74) is 1.66. The average Bonchev–Trinajstić information content (AvgIpc) is 2.97. The Hall–Kier alpha value is -3.22. The highest BCUT2D eigenvalue weighted by Crippen LogP contribution is 2.37. The minimum absolute atomic E-state index is 0.130. The summed E-state index contributed by atoms with van der Waals surface area (Å²) in [5.74, 6) is -1.43. The van der Waals surface area contributed by atoms with E-state index in [0.717, 1.165) is 11.6 Å². The van der Waals surface area contributed by atoms with Gasteiger partial charge < -0.3 is 10.4 Å². The number of hydrogen-bond acceptors (Lipinski definition) is 3. The summed E-state index contributed by atoms with van der Waals surface area (Å²) >= 11 is 0. The molecule has 1 amide bonds. The Morgan fingerprint density at radius 2 is 1.80 bits per heavy atom. The molecule has 0 saturated heterocycles.